The molecule has 0 bridgehead atoms. The third kappa shape index (κ3) is 2.65. The summed E-state index contributed by atoms with van der Waals surface area (Å²) < 4.78 is 10.6. The van der Waals surface area contributed by atoms with Crippen molar-refractivity contribution in [3.8, 4) is 0 Å². The molecule has 0 N–H and O–H groups in total. The van der Waals surface area contributed by atoms with Crippen LogP contribution in [0, 0.1) is 0 Å². The molecule has 1 fully saturated rings. The maximum Gasteiger partial charge on any atom is 0.167 e. The Morgan fingerprint density at radius 1 is 1.22 bits per heavy atom. The molecule has 0 atom stereocenters. The first-order valence-corrected chi connectivity index (χ1v) is 4.35. The van der Waals surface area contributed by atoms with E-state index >= 15 is 0 Å². The van der Waals surface area contributed by atoms with Gasteiger partial charge in [0.05, 0.1) is 5.33 Å². The first kappa shape index (κ1) is 7.51. The summed E-state index contributed by atoms with van der Waals surface area (Å²) in [5.41, 5.74) is 0. The van der Waals surface area contributed by atoms with E-state index in [9.17, 15) is 0 Å². The van der Waals surface area contributed by atoms with Gasteiger partial charge >= 0.3 is 0 Å². The van der Waals surface area contributed by atoms with Gasteiger partial charge < -0.3 is 9.47 Å². The molecule has 1 rings (SSSR count). The fourth-order valence-electron chi connectivity index (χ4n) is 0.771. The zero-order chi connectivity index (χ0) is 6.53. The molecule has 1 heterocycles. The Kier molecular flexibility index (Phi) is 3.55. The van der Waals surface area contributed by atoms with Crippen LogP contribution in [0.3, 0.4) is 0 Å². The molecule has 0 spiro atoms. The lowest BCUT2D eigenvalue weighted by Gasteiger charge is -2.10. The van der Waals surface area contributed by atoms with Gasteiger partial charge in [-0.25, -0.2) is 0 Å². The molecule has 0 unspecified atom stereocenters. The fourth-order valence-corrected chi connectivity index (χ4v) is 1.14. The molecule has 9 heavy (non-hydrogen) atoms. The van der Waals surface area contributed by atoms with Crippen LogP contribution >= 0.6 is 15.9 Å². The number of alkyl halides is 1. The van der Waals surface area contributed by atoms with Crippen LogP contribution in [0.5, 0.6) is 0 Å². The van der Waals surface area contributed by atoms with Gasteiger partial charge in [0.15, 0.2) is 6.29 Å². The fraction of sp³-hybridized carbons (Fsp3) is 1.00. The highest BCUT2D eigenvalue weighted by Crippen LogP contribution is 2.07. The molecule has 1 aliphatic heterocycles. The van der Waals surface area contributed by atoms with E-state index in [4.69, 9.17) is 9.47 Å². The smallest absolute Gasteiger partial charge is 0.167 e. The van der Waals surface area contributed by atoms with Crippen molar-refractivity contribution in [1.82, 2.24) is 0 Å². The van der Waals surface area contributed by atoms with Crippen molar-refractivity contribution in [2.24, 2.45) is 0 Å². The molecule has 1 saturated heterocycles. The molecule has 0 radical (unpaired) electrons. The topological polar surface area (TPSA) is 18.5 Å². The lowest BCUT2D eigenvalue weighted by Crippen LogP contribution is -2.16. The zero-order valence-corrected chi connectivity index (χ0v) is 6.89. The molecule has 0 aromatic rings. The molecule has 54 valence electrons. The van der Waals surface area contributed by atoms with Crippen LogP contribution < -0.4 is 0 Å². The largest absolute Gasteiger partial charge is 0.352 e. The van der Waals surface area contributed by atoms with Crippen molar-refractivity contribution in [2.45, 2.75) is 19.1 Å². The lowest BCUT2D eigenvalue weighted by molar-refractivity contribution is -0.108. The number of hydrogen-bond donors (Lipinski definition) is 0. The summed E-state index contributed by atoms with van der Waals surface area (Å²) in [6, 6.07) is 0. The van der Waals surface area contributed by atoms with Gasteiger partial charge in [0, 0.05) is 13.2 Å². The summed E-state index contributed by atoms with van der Waals surface area (Å²) in [5, 5.41) is 0.785. The Morgan fingerprint density at radius 3 is 2.22 bits per heavy atom. The average molecular weight is 195 g/mol. The zero-order valence-electron chi connectivity index (χ0n) is 5.31. The van der Waals surface area contributed by atoms with Gasteiger partial charge in [-0.05, 0) is 12.8 Å². The first-order valence-electron chi connectivity index (χ1n) is 3.22. The maximum atomic E-state index is 5.28. The van der Waals surface area contributed by atoms with Crippen molar-refractivity contribution in [3.63, 3.8) is 0 Å². The van der Waals surface area contributed by atoms with Crippen molar-refractivity contribution < 1.29 is 9.47 Å². The predicted octanol–water partition coefficient (Wildman–Crippen LogP) is 1.53. The lowest BCUT2D eigenvalue weighted by atomic mass is 10.3. The van der Waals surface area contributed by atoms with E-state index in [0.717, 1.165) is 31.4 Å². The number of ether oxygens (including phenoxy) is 2. The third-order valence-corrected chi connectivity index (χ3v) is 1.80. The quantitative estimate of drug-likeness (QED) is 0.590. The average Bonchev–Trinajstić information content (AvgIpc) is 2.13. The third-order valence-electron chi connectivity index (χ3n) is 1.27. The van der Waals surface area contributed by atoms with E-state index in [1.54, 1.807) is 0 Å². The summed E-state index contributed by atoms with van der Waals surface area (Å²) in [4.78, 5) is 0. The predicted molar refractivity (Wildman–Crippen MR) is 38.7 cm³/mol. The van der Waals surface area contributed by atoms with E-state index in [-0.39, 0.29) is 6.29 Å². The van der Waals surface area contributed by atoms with Gasteiger partial charge in [-0.15, -0.1) is 0 Å². The van der Waals surface area contributed by atoms with Gasteiger partial charge in [0.25, 0.3) is 0 Å². The molecular weight excluding hydrogens is 184 g/mol. The van der Waals surface area contributed by atoms with Crippen LogP contribution in [0.1, 0.15) is 12.8 Å². The summed E-state index contributed by atoms with van der Waals surface area (Å²) in [6.45, 7) is 1.69. The molecule has 0 aromatic heterocycles. The maximum absolute atomic E-state index is 5.28. The standard InChI is InChI=1S/C6H11BrO2/c7-5-6-8-3-1-2-4-9-6/h6H,1-5H2. The van der Waals surface area contributed by atoms with Crippen molar-refractivity contribution >= 4 is 15.9 Å². The molecule has 2 nitrogen and oxygen atoms in total. The van der Waals surface area contributed by atoms with Gasteiger partial charge in [-0.2, -0.15) is 0 Å². The minimum absolute atomic E-state index is 0.00694. The Morgan fingerprint density at radius 2 is 1.78 bits per heavy atom. The second-order valence-corrected chi connectivity index (χ2v) is 2.68. The van der Waals surface area contributed by atoms with Gasteiger partial charge in [0.2, 0.25) is 0 Å². The van der Waals surface area contributed by atoms with E-state index in [2.05, 4.69) is 15.9 Å². The van der Waals surface area contributed by atoms with Crippen LogP contribution in [0.15, 0.2) is 0 Å². The van der Waals surface area contributed by atoms with Crippen LogP contribution in [-0.4, -0.2) is 24.8 Å². The summed E-state index contributed by atoms with van der Waals surface area (Å²) in [5.74, 6) is 0. The summed E-state index contributed by atoms with van der Waals surface area (Å²) >= 11 is 3.30. The van der Waals surface area contributed by atoms with E-state index in [0.29, 0.717) is 0 Å². The van der Waals surface area contributed by atoms with Gasteiger partial charge in [0.1, 0.15) is 0 Å². The van der Waals surface area contributed by atoms with E-state index in [1.165, 1.54) is 0 Å². The van der Waals surface area contributed by atoms with Gasteiger partial charge in [-0.3, -0.25) is 0 Å². The van der Waals surface area contributed by atoms with Crippen LogP contribution in [-0.2, 0) is 9.47 Å². The molecule has 1 aliphatic rings. The molecule has 0 aliphatic carbocycles. The highest BCUT2D eigenvalue weighted by atomic mass is 79.9. The monoisotopic (exact) mass is 194 g/mol. The Hall–Kier alpha value is 0.400. The van der Waals surface area contributed by atoms with Crippen molar-refractivity contribution in [1.29, 1.82) is 0 Å². The summed E-state index contributed by atoms with van der Waals surface area (Å²) in [6.07, 6.45) is 2.25. The first-order chi connectivity index (χ1) is 4.43. The SMILES string of the molecule is BrCC1OCCCCO1. The van der Waals surface area contributed by atoms with E-state index < -0.39 is 0 Å². The summed E-state index contributed by atoms with van der Waals surface area (Å²) in [7, 11) is 0. The molecule has 0 amide bonds. The van der Waals surface area contributed by atoms with Crippen LogP contribution in [0.25, 0.3) is 0 Å². The molecule has 0 saturated carbocycles. The number of rotatable bonds is 1. The molecule has 3 heteroatoms. The second kappa shape index (κ2) is 4.25. The minimum Gasteiger partial charge on any atom is -0.352 e. The van der Waals surface area contributed by atoms with Crippen molar-refractivity contribution in [3.05, 3.63) is 0 Å². The number of hydrogen-bond acceptors (Lipinski definition) is 2. The number of halogens is 1. The van der Waals surface area contributed by atoms with E-state index in [1.807, 2.05) is 0 Å². The van der Waals surface area contributed by atoms with Crippen LogP contribution in [0.2, 0.25) is 0 Å². The minimum atomic E-state index is -0.00694. The molecule has 0 aromatic carbocycles. The Bertz CT molecular complexity index is 69.5. The molecular formula is C6H11BrO2. The Balaban J connectivity index is 2.18. The second-order valence-electron chi connectivity index (χ2n) is 2.03. The highest BCUT2D eigenvalue weighted by molar-refractivity contribution is 9.09. The van der Waals surface area contributed by atoms with Crippen molar-refractivity contribution in [2.75, 3.05) is 18.5 Å². The van der Waals surface area contributed by atoms with Gasteiger partial charge in [-0.1, -0.05) is 15.9 Å². The normalized spacial score (nSPS) is 23.7. The van der Waals surface area contributed by atoms with Crippen LogP contribution in [0.4, 0.5) is 0 Å². The Labute approximate surface area is 63.7 Å². The highest BCUT2D eigenvalue weighted by Gasteiger charge is 2.09.